The first kappa shape index (κ1) is 11.7. The van der Waals surface area contributed by atoms with Crippen molar-refractivity contribution in [2.45, 2.75) is 13.5 Å². The summed E-state index contributed by atoms with van der Waals surface area (Å²) in [6.45, 7) is 3.56. The van der Waals surface area contributed by atoms with Crippen LogP contribution in [0.4, 0.5) is 17.6 Å². The molecular weight excluding hydrogens is 234 g/mol. The van der Waals surface area contributed by atoms with E-state index in [1.165, 1.54) is 5.56 Å². The maximum Gasteiger partial charge on any atom is 0.223 e. The monoisotopic (exact) mass is 249 g/mol. The molecule has 0 radical (unpaired) electrons. The molecule has 2 aromatic rings. The van der Waals surface area contributed by atoms with E-state index in [1.807, 2.05) is 13.0 Å². The van der Waals surface area contributed by atoms with E-state index in [0.717, 1.165) is 24.7 Å². The van der Waals surface area contributed by atoms with E-state index in [2.05, 4.69) is 37.4 Å². The fourth-order valence-corrected chi connectivity index (χ4v) is 2.08. The van der Waals surface area contributed by atoms with Crippen molar-refractivity contribution >= 4 is 28.9 Å². The minimum atomic E-state index is 0.274. The minimum absolute atomic E-state index is 0.274. The third-order valence-corrected chi connectivity index (χ3v) is 2.89. The van der Waals surface area contributed by atoms with Crippen LogP contribution in [-0.2, 0) is 6.54 Å². The molecule has 0 aliphatic rings. The Bertz CT molecular complexity index is 469. The molecule has 0 spiro atoms. The van der Waals surface area contributed by atoms with Crippen molar-refractivity contribution in [1.82, 2.24) is 9.97 Å². The van der Waals surface area contributed by atoms with Crippen LogP contribution in [0.2, 0.25) is 0 Å². The fourth-order valence-electron chi connectivity index (χ4n) is 1.41. The second-order valence-corrected chi connectivity index (χ2v) is 4.29. The lowest BCUT2D eigenvalue weighted by molar-refractivity contribution is 1.08. The maximum atomic E-state index is 5.64. The molecule has 17 heavy (non-hydrogen) atoms. The van der Waals surface area contributed by atoms with Gasteiger partial charge in [0.05, 0.1) is 0 Å². The Kier molecular flexibility index (Phi) is 3.77. The zero-order chi connectivity index (χ0) is 12.1. The molecule has 0 unspecified atom stereocenters. The molecule has 4 N–H and O–H groups in total. The molecule has 2 aromatic heterocycles. The van der Waals surface area contributed by atoms with E-state index in [0.29, 0.717) is 0 Å². The number of nitrogens with two attached hydrogens (primary N) is 1. The quantitative estimate of drug-likeness (QED) is 0.757. The summed E-state index contributed by atoms with van der Waals surface area (Å²) in [4.78, 5) is 8.22. The van der Waals surface area contributed by atoms with Crippen LogP contribution in [0.25, 0.3) is 0 Å². The normalized spacial score (nSPS) is 10.2. The van der Waals surface area contributed by atoms with Crippen LogP contribution in [0.3, 0.4) is 0 Å². The van der Waals surface area contributed by atoms with E-state index in [9.17, 15) is 0 Å². The van der Waals surface area contributed by atoms with Crippen LogP contribution < -0.4 is 16.4 Å². The second kappa shape index (κ2) is 5.49. The topological polar surface area (TPSA) is 75.9 Å². The highest BCUT2D eigenvalue weighted by Gasteiger charge is 2.01. The number of nitrogens with zero attached hydrogens (tertiary/aromatic N) is 2. The van der Waals surface area contributed by atoms with Gasteiger partial charge in [-0.3, -0.25) is 0 Å². The van der Waals surface area contributed by atoms with Crippen molar-refractivity contribution in [2.75, 3.05) is 22.9 Å². The Balaban J connectivity index is 2.04. The summed E-state index contributed by atoms with van der Waals surface area (Å²) >= 11 is 1.68. The van der Waals surface area contributed by atoms with Gasteiger partial charge in [-0.15, -0.1) is 0 Å². The molecule has 0 atom stereocenters. The van der Waals surface area contributed by atoms with Gasteiger partial charge in [0.25, 0.3) is 0 Å². The Morgan fingerprint density at radius 1 is 1.29 bits per heavy atom. The van der Waals surface area contributed by atoms with Gasteiger partial charge in [0, 0.05) is 19.2 Å². The van der Waals surface area contributed by atoms with Gasteiger partial charge < -0.3 is 16.4 Å². The van der Waals surface area contributed by atoms with Crippen molar-refractivity contribution in [3.05, 3.63) is 28.5 Å². The summed E-state index contributed by atoms with van der Waals surface area (Å²) in [5.74, 6) is 1.75. The number of hydrogen-bond acceptors (Lipinski definition) is 6. The summed E-state index contributed by atoms with van der Waals surface area (Å²) in [5.41, 5.74) is 6.87. The Labute approximate surface area is 104 Å². The molecule has 5 nitrogen and oxygen atoms in total. The molecular formula is C11H15N5S. The van der Waals surface area contributed by atoms with Crippen LogP contribution in [0, 0.1) is 0 Å². The number of rotatable bonds is 5. The number of nitrogen functional groups attached to an aromatic ring is 1. The van der Waals surface area contributed by atoms with Crippen molar-refractivity contribution in [3.63, 3.8) is 0 Å². The molecule has 6 heteroatoms. The number of thiophene rings is 1. The largest absolute Gasteiger partial charge is 0.370 e. The van der Waals surface area contributed by atoms with Gasteiger partial charge >= 0.3 is 0 Å². The maximum absolute atomic E-state index is 5.64. The summed E-state index contributed by atoms with van der Waals surface area (Å²) in [6, 6.07) is 3.93. The third kappa shape index (κ3) is 3.32. The molecule has 0 amide bonds. The minimum Gasteiger partial charge on any atom is -0.370 e. The smallest absolute Gasteiger partial charge is 0.223 e. The Morgan fingerprint density at radius 2 is 2.06 bits per heavy atom. The predicted molar refractivity (Wildman–Crippen MR) is 72.3 cm³/mol. The van der Waals surface area contributed by atoms with Gasteiger partial charge in [-0.2, -0.15) is 21.3 Å². The van der Waals surface area contributed by atoms with Gasteiger partial charge in [0.15, 0.2) is 0 Å². The summed E-state index contributed by atoms with van der Waals surface area (Å²) < 4.78 is 0. The molecule has 0 saturated carbocycles. The first-order valence-electron chi connectivity index (χ1n) is 5.41. The highest BCUT2D eigenvalue weighted by atomic mass is 32.1. The first-order chi connectivity index (χ1) is 8.28. The van der Waals surface area contributed by atoms with Gasteiger partial charge in [-0.25, -0.2) is 0 Å². The molecule has 2 heterocycles. The number of hydrogen-bond donors (Lipinski definition) is 3. The molecule has 0 aromatic carbocycles. The molecule has 0 aliphatic carbocycles. The molecule has 0 aliphatic heterocycles. The van der Waals surface area contributed by atoms with Crippen LogP contribution in [0.5, 0.6) is 0 Å². The average Bonchev–Trinajstić information content (AvgIpc) is 2.79. The van der Waals surface area contributed by atoms with E-state index in [1.54, 1.807) is 11.3 Å². The lowest BCUT2D eigenvalue weighted by Gasteiger charge is -2.08. The number of anilines is 3. The Hall–Kier alpha value is -1.82. The molecule has 90 valence electrons. The van der Waals surface area contributed by atoms with Crippen molar-refractivity contribution in [3.8, 4) is 0 Å². The SMILES string of the molecule is CCNc1cc(NCc2ccsc2)nc(N)n1. The van der Waals surface area contributed by atoms with E-state index >= 15 is 0 Å². The lowest BCUT2D eigenvalue weighted by atomic mass is 10.3. The first-order valence-corrected chi connectivity index (χ1v) is 6.35. The summed E-state index contributed by atoms with van der Waals surface area (Å²) in [7, 11) is 0. The summed E-state index contributed by atoms with van der Waals surface area (Å²) in [5, 5.41) is 10.5. The van der Waals surface area contributed by atoms with E-state index in [4.69, 9.17) is 5.73 Å². The predicted octanol–water partition coefficient (Wildman–Crippen LogP) is 2.16. The fraction of sp³-hybridized carbons (Fsp3) is 0.273. The van der Waals surface area contributed by atoms with Gasteiger partial charge in [-0.1, -0.05) is 0 Å². The van der Waals surface area contributed by atoms with E-state index in [-0.39, 0.29) is 5.95 Å². The zero-order valence-electron chi connectivity index (χ0n) is 9.60. The molecule has 2 rings (SSSR count). The van der Waals surface area contributed by atoms with Gasteiger partial charge in [0.1, 0.15) is 11.6 Å². The molecule has 0 fully saturated rings. The van der Waals surface area contributed by atoms with Crippen LogP contribution in [0.15, 0.2) is 22.9 Å². The second-order valence-electron chi connectivity index (χ2n) is 3.51. The van der Waals surface area contributed by atoms with Crippen LogP contribution in [-0.4, -0.2) is 16.5 Å². The van der Waals surface area contributed by atoms with Crippen molar-refractivity contribution in [1.29, 1.82) is 0 Å². The van der Waals surface area contributed by atoms with Gasteiger partial charge in [0.2, 0.25) is 5.95 Å². The third-order valence-electron chi connectivity index (χ3n) is 2.16. The van der Waals surface area contributed by atoms with Crippen LogP contribution >= 0.6 is 11.3 Å². The number of aromatic nitrogens is 2. The van der Waals surface area contributed by atoms with Crippen molar-refractivity contribution < 1.29 is 0 Å². The number of nitrogens with one attached hydrogen (secondary N) is 2. The molecule has 0 bridgehead atoms. The standard InChI is InChI=1S/C11H15N5S/c1-2-13-9-5-10(16-11(12)15-9)14-6-8-3-4-17-7-8/h3-5,7H,2,6H2,1H3,(H4,12,13,14,15,16). The lowest BCUT2D eigenvalue weighted by Crippen LogP contribution is -2.07. The van der Waals surface area contributed by atoms with Crippen LogP contribution in [0.1, 0.15) is 12.5 Å². The highest BCUT2D eigenvalue weighted by Crippen LogP contribution is 2.14. The zero-order valence-corrected chi connectivity index (χ0v) is 10.4. The summed E-state index contributed by atoms with van der Waals surface area (Å²) in [6.07, 6.45) is 0. The Morgan fingerprint density at radius 3 is 2.71 bits per heavy atom. The highest BCUT2D eigenvalue weighted by molar-refractivity contribution is 7.07. The average molecular weight is 249 g/mol. The van der Waals surface area contributed by atoms with Crippen molar-refractivity contribution in [2.24, 2.45) is 0 Å². The van der Waals surface area contributed by atoms with E-state index < -0.39 is 0 Å². The molecule has 0 saturated heterocycles. The van der Waals surface area contributed by atoms with Gasteiger partial charge in [-0.05, 0) is 29.3 Å².